The number of aromatic nitrogens is 1. The summed E-state index contributed by atoms with van der Waals surface area (Å²) in [5, 5.41) is 0. The third kappa shape index (κ3) is 4.22. The summed E-state index contributed by atoms with van der Waals surface area (Å²) < 4.78 is 24.1. The third-order valence-electron chi connectivity index (χ3n) is 2.67. The van der Waals surface area contributed by atoms with Gasteiger partial charge < -0.3 is 9.29 Å². The zero-order valence-corrected chi connectivity index (χ0v) is 10.9. The van der Waals surface area contributed by atoms with Crippen molar-refractivity contribution in [3.8, 4) is 0 Å². The van der Waals surface area contributed by atoms with E-state index in [0.717, 1.165) is 12.8 Å². The van der Waals surface area contributed by atoms with Crippen LogP contribution in [0.1, 0.15) is 28.9 Å². The average molecular weight is 283 g/mol. The summed E-state index contributed by atoms with van der Waals surface area (Å²) in [4.78, 5) is 26.9. The van der Waals surface area contributed by atoms with E-state index in [-0.39, 0.29) is 30.0 Å². The topological polar surface area (TPSA) is 93.6 Å². The molecule has 19 heavy (non-hydrogen) atoms. The minimum Gasteiger partial charge on any atom is -0.457 e. The molecular formula is C12H13NO5S. The first-order valence-corrected chi connectivity index (χ1v) is 7.06. The molecule has 102 valence electrons. The molecule has 0 aromatic carbocycles. The summed E-state index contributed by atoms with van der Waals surface area (Å²) >= 11 is -1.96. The van der Waals surface area contributed by atoms with E-state index in [4.69, 9.17) is 9.29 Å². The number of carbonyl (C=O) groups is 2. The molecular weight excluding hydrogens is 270 g/mol. The van der Waals surface area contributed by atoms with Crippen LogP contribution in [0.15, 0.2) is 18.3 Å². The predicted molar refractivity (Wildman–Crippen MR) is 66.7 cm³/mol. The fraction of sp³-hybridized carbons (Fsp3) is 0.417. The Kier molecular flexibility index (Phi) is 4.39. The van der Waals surface area contributed by atoms with Crippen molar-refractivity contribution in [2.75, 3.05) is 6.61 Å². The molecule has 1 aromatic rings. The number of pyridine rings is 1. The zero-order chi connectivity index (χ0) is 13.8. The maximum Gasteiger partial charge on any atom is 0.309 e. The first-order chi connectivity index (χ1) is 9.06. The van der Waals surface area contributed by atoms with E-state index in [0.29, 0.717) is 11.3 Å². The van der Waals surface area contributed by atoms with Gasteiger partial charge in [-0.05, 0) is 25.0 Å². The van der Waals surface area contributed by atoms with Crippen LogP contribution in [0.2, 0.25) is 0 Å². The van der Waals surface area contributed by atoms with Gasteiger partial charge in [-0.2, -0.15) is 0 Å². The number of carbonyl (C=O) groups excluding carboxylic acids is 2. The highest BCUT2D eigenvalue weighted by Gasteiger charge is 2.31. The number of nitrogens with zero attached hydrogens (tertiary/aromatic N) is 1. The van der Waals surface area contributed by atoms with Crippen molar-refractivity contribution in [1.29, 1.82) is 0 Å². The highest BCUT2D eigenvalue weighted by molar-refractivity contribution is 7.78. The van der Waals surface area contributed by atoms with Crippen LogP contribution in [-0.4, -0.2) is 32.1 Å². The Labute approximate surface area is 112 Å². The third-order valence-corrected chi connectivity index (χ3v) is 3.22. The van der Waals surface area contributed by atoms with E-state index in [1.165, 1.54) is 18.3 Å². The lowest BCUT2D eigenvalue weighted by Crippen LogP contribution is -2.15. The molecule has 1 N–H and O–H groups in total. The quantitative estimate of drug-likeness (QED) is 0.474. The number of Topliss-reactive ketones (excluding diaryl/α,β-unsaturated/α-hetero) is 1. The number of ether oxygens (including phenoxy) is 1. The Morgan fingerprint density at radius 2 is 2.16 bits per heavy atom. The van der Waals surface area contributed by atoms with E-state index in [1.807, 2.05) is 0 Å². The van der Waals surface area contributed by atoms with E-state index >= 15 is 0 Å². The Hall–Kier alpha value is -1.60. The maximum absolute atomic E-state index is 11.7. The van der Waals surface area contributed by atoms with Gasteiger partial charge in [0.2, 0.25) is 5.78 Å². The molecule has 0 radical (unpaired) electrons. The number of hydrogen-bond acceptors (Lipinski definition) is 5. The summed E-state index contributed by atoms with van der Waals surface area (Å²) in [5.74, 6) is -0.773. The van der Waals surface area contributed by atoms with Crippen molar-refractivity contribution >= 4 is 22.8 Å². The van der Waals surface area contributed by atoms with Crippen molar-refractivity contribution in [1.82, 2.24) is 4.98 Å². The number of hydrogen-bond donors (Lipinski definition) is 1. The molecule has 1 unspecified atom stereocenters. The fourth-order valence-electron chi connectivity index (χ4n) is 1.46. The first kappa shape index (κ1) is 13.8. The van der Waals surface area contributed by atoms with Crippen LogP contribution in [0.5, 0.6) is 0 Å². The molecule has 0 spiro atoms. The molecule has 1 heterocycles. The Morgan fingerprint density at radius 1 is 1.42 bits per heavy atom. The van der Waals surface area contributed by atoms with Crippen molar-refractivity contribution < 1.29 is 23.1 Å². The van der Waals surface area contributed by atoms with Crippen LogP contribution in [0.4, 0.5) is 0 Å². The first-order valence-electron chi connectivity index (χ1n) is 5.78. The molecule has 1 fully saturated rings. The lowest BCUT2D eigenvalue weighted by atomic mass is 10.2. The summed E-state index contributed by atoms with van der Waals surface area (Å²) in [6, 6.07) is 3.01. The SMILES string of the molecule is O=C(COC(=O)C1CC1)c1ccc(CS(=O)O)nc1. The molecule has 1 aromatic heterocycles. The second-order valence-electron chi connectivity index (χ2n) is 4.31. The van der Waals surface area contributed by atoms with Crippen LogP contribution < -0.4 is 0 Å². The average Bonchev–Trinajstić information content (AvgIpc) is 3.20. The van der Waals surface area contributed by atoms with E-state index in [2.05, 4.69) is 4.98 Å². The summed E-state index contributed by atoms with van der Waals surface area (Å²) in [6.45, 7) is -0.289. The summed E-state index contributed by atoms with van der Waals surface area (Å²) in [5.41, 5.74) is 0.739. The van der Waals surface area contributed by atoms with Crippen LogP contribution in [0.3, 0.4) is 0 Å². The Bertz CT molecular complexity index is 509. The minimum absolute atomic E-state index is 0.0344. The van der Waals surface area contributed by atoms with Crippen molar-refractivity contribution in [2.45, 2.75) is 18.6 Å². The predicted octanol–water partition coefficient (Wildman–Crippen LogP) is 0.939. The zero-order valence-electron chi connectivity index (χ0n) is 10.1. The van der Waals surface area contributed by atoms with Crippen LogP contribution in [0, 0.1) is 5.92 Å². The lowest BCUT2D eigenvalue weighted by Gasteiger charge is -2.03. The van der Waals surface area contributed by atoms with Gasteiger partial charge >= 0.3 is 5.97 Å². The van der Waals surface area contributed by atoms with Gasteiger partial charge in [-0.15, -0.1) is 0 Å². The molecule has 6 nitrogen and oxygen atoms in total. The molecule has 1 aliphatic carbocycles. The second kappa shape index (κ2) is 6.03. The van der Waals surface area contributed by atoms with Gasteiger partial charge in [0.1, 0.15) is 0 Å². The van der Waals surface area contributed by atoms with Crippen molar-refractivity contribution in [3.63, 3.8) is 0 Å². The molecule has 0 aliphatic heterocycles. The fourth-order valence-corrected chi connectivity index (χ4v) is 1.88. The maximum atomic E-state index is 11.7. The van der Waals surface area contributed by atoms with Gasteiger partial charge in [-0.3, -0.25) is 14.6 Å². The van der Waals surface area contributed by atoms with Gasteiger partial charge in [-0.1, -0.05) is 0 Å². The molecule has 0 saturated heterocycles. The molecule has 0 amide bonds. The molecule has 1 saturated carbocycles. The van der Waals surface area contributed by atoms with Crippen molar-refractivity contribution in [2.24, 2.45) is 5.92 Å². The lowest BCUT2D eigenvalue weighted by molar-refractivity contribution is -0.144. The van der Waals surface area contributed by atoms with Gasteiger partial charge in [-0.25, -0.2) is 4.21 Å². The normalized spacial score (nSPS) is 15.8. The number of esters is 1. The highest BCUT2D eigenvalue weighted by Crippen LogP contribution is 2.30. The van der Waals surface area contributed by atoms with Gasteiger partial charge in [0.25, 0.3) is 0 Å². The second-order valence-corrected chi connectivity index (χ2v) is 5.24. The van der Waals surface area contributed by atoms with Crippen LogP contribution in [0.25, 0.3) is 0 Å². The standard InChI is InChI=1S/C12H13NO5S/c14-11(6-18-12(15)8-1-2-8)9-3-4-10(13-5-9)7-19(16)17/h3-5,8H,1-2,6-7H2,(H,16,17). The van der Waals surface area contributed by atoms with E-state index < -0.39 is 11.1 Å². The summed E-state index contributed by atoms with van der Waals surface area (Å²) in [6.07, 6.45) is 2.98. The smallest absolute Gasteiger partial charge is 0.309 e. The number of rotatable bonds is 6. The van der Waals surface area contributed by atoms with Crippen LogP contribution in [-0.2, 0) is 26.4 Å². The van der Waals surface area contributed by atoms with Gasteiger partial charge in [0.15, 0.2) is 17.7 Å². The molecule has 1 atom stereocenters. The van der Waals surface area contributed by atoms with Gasteiger partial charge in [0.05, 0.1) is 17.4 Å². The highest BCUT2D eigenvalue weighted by atomic mass is 32.2. The van der Waals surface area contributed by atoms with E-state index in [1.54, 1.807) is 0 Å². The molecule has 2 rings (SSSR count). The van der Waals surface area contributed by atoms with Crippen molar-refractivity contribution in [3.05, 3.63) is 29.6 Å². The Balaban J connectivity index is 1.87. The molecule has 1 aliphatic rings. The minimum atomic E-state index is -1.96. The molecule has 0 bridgehead atoms. The van der Waals surface area contributed by atoms with Gasteiger partial charge in [0, 0.05) is 11.8 Å². The largest absolute Gasteiger partial charge is 0.457 e. The Morgan fingerprint density at radius 3 is 2.68 bits per heavy atom. The van der Waals surface area contributed by atoms with Crippen LogP contribution >= 0.6 is 0 Å². The monoisotopic (exact) mass is 283 g/mol. The molecule has 7 heteroatoms. The number of ketones is 1. The summed E-state index contributed by atoms with van der Waals surface area (Å²) in [7, 11) is 0. The van der Waals surface area contributed by atoms with E-state index in [9.17, 15) is 13.8 Å².